The Labute approximate surface area is 167 Å². The summed E-state index contributed by atoms with van der Waals surface area (Å²) >= 11 is 3.34. The lowest BCUT2D eigenvalue weighted by molar-refractivity contribution is -0.118. The summed E-state index contributed by atoms with van der Waals surface area (Å²) in [6, 6.07) is 12.2. The highest BCUT2D eigenvalue weighted by Crippen LogP contribution is 2.24. The van der Waals surface area contributed by atoms with Crippen molar-refractivity contribution in [2.45, 2.75) is 31.6 Å². The van der Waals surface area contributed by atoms with E-state index in [1.165, 1.54) is 26.2 Å². The van der Waals surface area contributed by atoms with Crippen LogP contribution in [0.5, 0.6) is 5.75 Å². The zero-order valence-corrected chi connectivity index (χ0v) is 17.7. The topological polar surface area (TPSA) is 43.6 Å². The Morgan fingerprint density at radius 3 is 2.52 bits per heavy atom. The van der Waals surface area contributed by atoms with Gasteiger partial charge in [-0.25, -0.2) is 0 Å². The van der Waals surface area contributed by atoms with Crippen LogP contribution in [-0.2, 0) is 11.8 Å². The highest BCUT2D eigenvalue weighted by Gasteiger charge is 2.09. The lowest BCUT2D eigenvalue weighted by Gasteiger charge is -2.03. The number of thiazole rings is 1. The smallest absolute Gasteiger partial charge is 0.248 e. The van der Waals surface area contributed by atoms with Gasteiger partial charge in [0.05, 0.1) is 17.3 Å². The van der Waals surface area contributed by atoms with E-state index in [1.807, 2.05) is 35.9 Å². The molecule has 1 aromatic heterocycles. The molecule has 1 amide bonds. The largest absolute Gasteiger partial charge is 0.497 e. The Bertz CT molecular complexity index is 1020. The number of methoxy groups -OCH3 is 1. The number of aromatic nitrogens is 1. The molecule has 0 fully saturated rings. The van der Waals surface area contributed by atoms with E-state index < -0.39 is 0 Å². The lowest BCUT2D eigenvalue weighted by atomic mass is 10.1. The third-order valence-corrected chi connectivity index (χ3v) is 6.79. The van der Waals surface area contributed by atoms with Crippen LogP contribution >= 0.6 is 23.1 Å². The third-order valence-electron chi connectivity index (χ3n) is 4.43. The zero-order valence-electron chi connectivity index (χ0n) is 16.1. The van der Waals surface area contributed by atoms with Crippen molar-refractivity contribution in [3.8, 4) is 5.75 Å². The van der Waals surface area contributed by atoms with Crippen molar-refractivity contribution in [2.24, 2.45) is 12.0 Å². The fourth-order valence-corrected chi connectivity index (χ4v) is 4.95. The van der Waals surface area contributed by atoms with Gasteiger partial charge in [0, 0.05) is 18.4 Å². The number of rotatable bonds is 6. The van der Waals surface area contributed by atoms with Gasteiger partial charge in [-0.15, -0.1) is 11.8 Å². The number of thioether (sulfide) groups is 1. The van der Waals surface area contributed by atoms with Crippen LogP contribution in [0.2, 0.25) is 0 Å². The second-order valence-electron chi connectivity index (χ2n) is 6.45. The van der Waals surface area contributed by atoms with Crippen molar-refractivity contribution in [1.29, 1.82) is 0 Å². The summed E-state index contributed by atoms with van der Waals surface area (Å²) in [5.74, 6) is 1.70. The molecule has 142 valence electrons. The minimum atomic E-state index is -0.0530. The predicted octanol–water partition coefficient (Wildman–Crippen LogP) is 4.87. The summed E-state index contributed by atoms with van der Waals surface area (Å²) in [7, 11) is 3.65. The highest BCUT2D eigenvalue weighted by molar-refractivity contribution is 7.99. The van der Waals surface area contributed by atoms with Crippen LogP contribution < -0.4 is 9.54 Å². The molecule has 0 spiro atoms. The first kappa shape index (κ1) is 19.7. The fourth-order valence-electron chi connectivity index (χ4n) is 2.92. The number of aryl methyl sites for hydroxylation is 3. The molecule has 3 rings (SSSR count). The SMILES string of the molecule is COc1ccc(SCCCC(=O)N=c2sc3c(C)ccc(C)c3n2C)cc1. The molecule has 0 saturated heterocycles. The molecule has 0 unspecified atom stereocenters. The van der Waals surface area contributed by atoms with Gasteiger partial charge in [-0.2, -0.15) is 4.99 Å². The Morgan fingerprint density at radius 2 is 1.85 bits per heavy atom. The Balaban J connectivity index is 1.61. The number of amides is 1. The number of carbonyl (C=O) groups excluding carboxylic acids is 1. The molecule has 0 atom stereocenters. The molecule has 0 N–H and O–H groups in total. The molecule has 0 saturated carbocycles. The summed E-state index contributed by atoms with van der Waals surface area (Å²) < 4.78 is 8.40. The van der Waals surface area contributed by atoms with Gasteiger partial charge in [0.2, 0.25) is 5.91 Å². The van der Waals surface area contributed by atoms with E-state index in [2.05, 4.69) is 31.0 Å². The van der Waals surface area contributed by atoms with Gasteiger partial charge in [0.25, 0.3) is 0 Å². The first-order chi connectivity index (χ1) is 13.0. The number of hydrogen-bond acceptors (Lipinski definition) is 4. The maximum Gasteiger partial charge on any atom is 0.248 e. The minimum absolute atomic E-state index is 0.0530. The molecular weight excluding hydrogens is 376 g/mol. The first-order valence-corrected chi connectivity index (χ1v) is 10.7. The van der Waals surface area contributed by atoms with Crippen LogP contribution in [0.1, 0.15) is 24.0 Å². The maximum absolute atomic E-state index is 12.3. The van der Waals surface area contributed by atoms with E-state index in [-0.39, 0.29) is 5.91 Å². The molecule has 3 aromatic rings. The quantitative estimate of drug-likeness (QED) is 0.438. The van der Waals surface area contributed by atoms with Crippen LogP contribution in [-0.4, -0.2) is 23.3 Å². The lowest BCUT2D eigenvalue weighted by Crippen LogP contribution is -2.13. The first-order valence-electron chi connectivity index (χ1n) is 8.89. The molecule has 0 aliphatic carbocycles. The number of carbonyl (C=O) groups is 1. The molecule has 6 heteroatoms. The van der Waals surface area contributed by atoms with Crippen LogP contribution in [0.4, 0.5) is 0 Å². The normalized spacial score (nSPS) is 11.9. The number of ether oxygens (including phenoxy) is 1. The zero-order chi connectivity index (χ0) is 19.4. The van der Waals surface area contributed by atoms with Crippen LogP contribution in [0.3, 0.4) is 0 Å². The molecule has 4 nitrogen and oxygen atoms in total. The van der Waals surface area contributed by atoms with Gasteiger partial charge in [-0.05, 0) is 61.4 Å². The van der Waals surface area contributed by atoms with Gasteiger partial charge in [0.1, 0.15) is 5.75 Å². The molecule has 0 aliphatic rings. The summed E-state index contributed by atoms with van der Waals surface area (Å²) in [5, 5.41) is 0. The van der Waals surface area contributed by atoms with E-state index in [0.29, 0.717) is 6.42 Å². The second kappa shape index (κ2) is 8.76. The minimum Gasteiger partial charge on any atom is -0.497 e. The maximum atomic E-state index is 12.3. The van der Waals surface area contributed by atoms with E-state index in [4.69, 9.17) is 4.74 Å². The van der Waals surface area contributed by atoms with E-state index in [1.54, 1.807) is 30.2 Å². The van der Waals surface area contributed by atoms with Gasteiger partial charge in [-0.3, -0.25) is 4.79 Å². The van der Waals surface area contributed by atoms with Gasteiger partial charge in [0.15, 0.2) is 4.80 Å². The second-order valence-corrected chi connectivity index (χ2v) is 8.60. The van der Waals surface area contributed by atoms with Crippen molar-refractivity contribution in [2.75, 3.05) is 12.9 Å². The number of nitrogens with zero attached hydrogens (tertiary/aromatic N) is 2. The van der Waals surface area contributed by atoms with Gasteiger partial charge >= 0.3 is 0 Å². The molecular formula is C21H24N2O2S2. The Morgan fingerprint density at radius 1 is 1.15 bits per heavy atom. The summed E-state index contributed by atoms with van der Waals surface area (Å²) in [6.45, 7) is 4.19. The third kappa shape index (κ3) is 4.62. The fraction of sp³-hybridized carbons (Fsp3) is 0.333. The van der Waals surface area contributed by atoms with Crippen molar-refractivity contribution >= 4 is 39.2 Å². The van der Waals surface area contributed by atoms with Crippen molar-refractivity contribution in [1.82, 2.24) is 4.57 Å². The number of hydrogen-bond donors (Lipinski definition) is 0. The van der Waals surface area contributed by atoms with Gasteiger partial charge in [-0.1, -0.05) is 23.5 Å². The average Bonchev–Trinajstić information content (AvgIpc) is 3.00. The average molecular weight is 401 g/mol. The number of fused-ring (bicyclic) bond motifs is 1. The summed E-state index contributed by atoms with van der Waals surface area (Å²) in [5.41, 5.74) is 3.60. The van der Waals surface area contributed by atoms with Crippen molar-refractivity contribution in [3.63, 3.8) is 0 Å². The molecule has 1 heterocycles. The molecule has 0 radical (unpaired) electrons. The van der Waals surface area contributed by atoms with Crippen LogP contribution in [0.25, 0.3) is 10.2 Å². The van der Waals surface area contributed by atoms with E-state index in [9.17, 15) is 4.79 Å². The van der Waals surface area contributed by atoms with E-state index in [0.717, 1.165) is 22.7 Å². The number of benzene rings is 2. The van der Waals surface area contributed by atoms with Gasteiger partial charge < -0.3 is 9.30 Å². The predicted molar refractivity (Wildman–Crippen MR) is 114 cm³/mol. The van der Waals surface area contributed by atoms with Crippen LogP contribution in [0, 0.1) is 13.8 Å². The van der Waals surface area contributed by atoms with Crippen LogP contribution in [0.15, 0.2) is 46.3 Å². The molecule has 27 heavy (non-hydrogen) atoms. The molecule has 2 aromatic carbocycles. The monoisotopic (exact) mass is 400 g/mol. The van der Waals surface area contributed by atoms with Crippen molar-refractivity contribution < 1.29 is 9.53 Å². The Kier molecular flexibility index (Phi) is 6.39. The highest BCUT2D eigenvalue weighted by atomic mass is 32.2. The summed E-state index contributed by atoms with van der Waals surface area (Å²) in [4.78, 5) is 18.6. The summed E-state index contributed by atoms with van der Waals surface area (Å²) in [6.07, 6.45) is 1.28. The Hall–Kier alpha value is -2.05. The molecule has 0 bridgehead atoms. The standard InChI is InChI=1S/C21H24N2O2S2/c1-14-7-8-15(2)20-19(14)23(3)21(27-20)22-18(24)6-5-13-26-17-11-9-16(25-4)10-12-17/h7-12H,5-6,13H2,1-4H3. The van der Waals surface area contributed by atoms with Crippen molar-refractivity contribution in [3.05, 3.63) is 52.3 Å². The molecule has 0 aliphatic heterocycles. The van der Waals surface area contributed by atoms with E-state index >= 15 is 0 Å².